The fourth-order valence-electron chi connectivity index (χ4n) is 2.07. The van der Waals surface area contributed by atoms with Crippen molar-refractivity contribution in [3.8, 4) is 11.6 Å². The molecule has 7 heteroatoms. The van der Waals surface area contributed by atoms with Crippen molar-refractivity contribution in [3.63, 3.8) is 0 Å². The van der Waals surface area contributed by atoms with Gasteiger partial charge in [-0.1, -0.05) is 16.8 Å². The van der Waals surface area contributed by atoms with Gasteiger partial charge in [0.15, 0.2) is 5.84 Å². The van der Waals surface area contributed by atoms with Crippen LogP contribution in [0.2, 0.25) is 5.02 Å². The molecule has 0 aliphatic heterocycles. The highest BCUT2D eigenvalue weighted by atomic mass is 35.5. The Labute approximate surface area is 137 Å². The Balaban J connectivity index is 1.90. The third kappa shape index (κ3) is 3.32. The van der Waals surface area contributed by atoms with E-state index in [1.165, 1.54) is 0 Å². The Morgan fingerprint density at radius 3 is 2.61 bits per heavy atom. The van der Waals surface area contributed by atoms with Crippen LogP contribution in [0.5, 0.6) is 11.6 Å². The molecule has 6 nitrogen and oxygen atoms in total. The Bertz CT molecular complexity index is 843. The van der Waals surface area contributed by atoms with Crippen LogP contribution in [0.25, 0.3) is 0 Å². The predicted octanol–water partition coefficient (Wildman–Crippen LogP) is 3.72. The van der Waals surface area contributed by atoms with Crippen LogP contribution in [0.4, 0.5) is 0 Å². The first-order valence-electron chi connectivity index (χ1n) is 6.79. The van der Waals surface area contributed by atoms with Crippen LogP contribution >= 0.6 is 11.6 Å². The topological polar surface area (TPSA) is 72.5 Å². The van der Waals surface area contributed by atoms with Gasteiger partial charge < -0.3 is 9.94 Å². The van der Waals surface area contributed by atoms with Crippen molar-refractivity contribution >= 4 is 17.4 Å². The van der Waals surface area contributed by atoms with E-state index in [0.29, 0.717) is 33.9 Å². The van der Waals surface area contributed by atoms with Crippen molar-refractivity contribution in [2.75, 3.05) is 0 Å². The molecule has 0 spiro atoms. The van der Waals surface area contributed by atoms with Crippen molar-refractivity contribution in [1.29, 1.82) is 0 Å². The van der Waals surface area contributed by atoms with Crippen molar-refractivity contribution in [2.24, 2.45) is 5.16 Å². The largest absolute Gasteiger partial charge is 0.439 e. The molecule has 2 aromatic heterocycles. The van der Waals surface area contributed by atoms with Crippen LogP contribution in [-0.2, 0) is 0 Å². The Kier molecular flexibility index (Phi) is 4.25. The molecule has 0 aliphatic carbocycles. The van der Waals surface area contributed by atoms with Gasteiger partial charge in [0.1, 0.15) is 11.6 Å². The van der Waals surface area contributed by atoms with Crippen LogP contribution < -0.4 is 4.74 Å². The number of aromatic nitrogens is 3. The molecule has 0 unspecified atom stereocenters. The summed E-state index contributed by atoms with van der Waals surface area (Å²) in [4.78, 5) is 8.28. The molecule has 0 saturated carbocycles. The molecule has 0 aliphatic rings. The molecule has 0 radical (unpaired) electrons. The zero-order chi connectivity index (χ0) is 16.2. The third-order valence-electron chi connectivity index (χ3n) is 3.18. The summed E-state index contributed by atoms with van der Waals surface area (Å²) >= 11 is 5.85. The van der Waals surface area contributed by atoms with E-state index in [1.807, 2.05) is 6.92 Å². The number of nitrogens with zero attached hydrogens (tertiary/aromatic N) is 4. The minimum absolute atomic E-state index is 0.336. The third-order valence-corrected chi connectivity index (χ3v) is 3.43. The minimum Gasteiger partial charge on any atom is -0.439 e. The van der Waals surface area contributed by atoms with Gasteiger partial charge in [0, 0.05) is 35.2 Å². The van der Waals surface area contributed by atoms with Gasteiger partial charge in [0.25, 0.3) is 0 Å². The molecule has 0 amide bonds. The van der Waals surface area contributed by atoms with E-state index in [-0.39, 0.29) is 0 Å². The molecule has 3 rings (SSSR count). The van der Waals surface area contributed by atoms with Gasteiger partial charge in [-0.3, -0.25) is 4.57 Å². The van der Waals surface area contributed by atoms with Crippen LogP contribution in [0.3, 0.4) is 0 Å². The van der Waals surface area contributed by atoms with Gasteiger partial charge in [-0.05, 0) is 37.3 Å². The van der Waals surface area contributed by atoms with Crippen molar-refractivity contribution in [2.45, 2.75) is 6.92 Å². The van der Waals surface area contributed by atoms with E-state index >= 15 is 0 Å². The molecule has 0 atom stereocenters. The van der Waals surface area contributed by atoms with Gasteiger partial charge in [0.05, 0.1) is 0 Å². The average Bonchev–Trinajstić information content (AvgIpc) is 2.97. The number of rotatable bonds is 3. The molecule has 0 bridgehead atoms. The van der Waals surface area contributed by atoms with E-state index in [9.17, 15) is 5.21 Å². The van der Waals surface area contributed by atoms with Gasteiger partial charge >= 0.3 is 0 Å². The number of hydrogen-bond acceptors (Lipinski definition) is 5. The number of halogens is 1. The minimum atomic E-state index is 0.336. The summed E-state index contributed by atoms with van der Waals surface area (Å²) < 4.78 is 7.35. The fourth-order valence-corrected chi connectivity index (χ4v) is 2.20. The maximum absolute atomic E-state index is 9.35. The summed E-state index contributed by atoms with van der Waals surface area (Å²) in [6.45, 7) is 1.82. The maximum Gasteiger partial charge on any atom is 0.219 e. The number of imidazole rings is 1. The lowest BCUT2D eigenvalue weighted by Crippen LogP contribution is -2.14. The molecule has 23 heavy (non-hydrogen) atoms. The van der Waals surface area contributed by atoms with E-state index in [0.717, 1.165) is 0 Å². The number of benzene rings is 1. The van der Waals surface area contributed by atoms with Crippen LogP contribution in [0.1, 0.15) is 11.4 Å². The van der Waals surface area contributed by atoms with E-state index in [1.54, 1.807) is 59.6 Å². The Morgan fingerprint density at radius 2 is 1.96 bits per heavy atom. The molecule has 3 aromatic rings. The number of ether oxygens (including phenoxy) is 1. The zero-order valence-corrected chi connectivity index (χ0v) is 13.0. The normalized spacial score (nSPS) is 11.5. The van der Waals surface area contributed by atoms with Crippen LogP contribution in [0, 0.1) is 6.92 Å². The van der Waals surface area contributed by atoms with Gasteiger partial charge in [-0.25, -0.2) is 9.97 Å². The first-order valence-corrected chi connectivity index (χ1v) is 7.17. The number of pyridine rings is 1. The van der Waals surface area contributed by atoms with Crippen LogP contribution in [0.15, 0.2) is 60.1 Å². The summed E-state index contributed by atoms with van der Waals surface area (Å²) in [5, 5.41) is 13.3. The molecule has 1 N–H and O–H groups in total. The van der Waals surface area contributed by atoms with E-state index in [4.69, 9.17) is 16.3 Å². The highest BCUT2D eigenvalue weighted by Gasteiger charge is 2.11. The first kappa shape index (κ1) is 15.1. The fraction of sp³-hybridized carbons (Fsp3) is 0.0625. The van der Waals surface area contributed by atoms with E-state index in [2.05, 4.69) is 15.1 Å². The second-order valence-corrected chi connectivity index (χ2v) is 5.14. The Hall–Kier alpha value is -2.86. The van der Waals surface area contributed by atoms with Gasteiger partial charge in [-0.2, -0.15) is 0 Å². The molecule has 1 aromatic carbocycles. The molecule has 116 valence electrons. The second-order valence-electron chi connectivity index (χ2n) is 4.71. The number of oxime groups is 1. The summed E-state index contributed by atoms with van der Waals surface area (Å²) in [5.74, 6) is 2.03. The molecule has 0 fully saturated rings. The summed E-state index contributed by atoms with van der Waals surface area (Å²) in [5.41, 5.74) is 0.646. The van der Waals surface area contributed by atoms with Crippen molar-refractivity contribution < 1.29 is 9.94 Å². The summed E-state index contributed by atoms with van der Waals surface area (Å²) in [6, 6.07) is 10.4. The Morgan fingerprint density at radius 1 is 1.17 bits per heavy atom. The SMILES string of the molecule is Cc1nccn1/C(=N\O)c1ccnc(Oc2ccc(Cl)cc2)c1. The average molecular weight is 329 g/mol. The number of hydrogen-bond donors (Lipinski definition) is 1. The lowest BCUT2D eigenvalue weighted by molar-refractivity contribution is 0.317. The first-order chi connectivity index (χ1) is 11.2. The molecule has 0 saturated heterocycles. The van der Waals surface area contributed by atoms with Crippen molar-refractivity contribution in [3.05, 3.63) is 71.4 Å². The second kappa shape index (κ2) is 6.50. The van der Waals surface area contributed by atoms with Gasteiger partial charge in [-0.15, -0.1) is 0 Å². The number of aryl methyl sites for hydroxylation is 1. The molecular weight excluding hydrogens is 316 g/mol. The lowest BCUT2D eigenvalue weighted by Gasteiger charge is -2.09. The van der Waals surface area contributed by atoms with Crippen molar-refractivity contribution in [1.82, 2.24) is 14.5 Å². The highest BCUT2D eigenvalue weighted by molar-refractivity contribution is 6.30. The maximum atomic E-state index is 9.35. The van der Waals surface area contributed by atoms with E-state index < -0.39 is 0 Å². The molecular formula is C16H13ClN4O2. The highest BCUT2D eigenvalue weighted by Crippen LogP contribution is 2.22. The summed E-state index contributed by atoms with van der Waals surface area (Å²) in [7, 11) is 0. The lowest BCUT2D eigenvalue weighted by atomic mass is 10.2. The monoisotopic (exact) mass is 328 g/mol. The quantitative estimate of drug-likeness (QED) is 0.344. The van der Waals surface area contributed by atoms with Gasteiger partial charge in [0.2, 0.25) is 5.88 Å². The summed E-state index contributed by atoms with van der Waals surface area (Å²) in [6.07, 6.45) is 4.93. The predicted molar refractivity (Wildman–Crippen MR) is 86.4 cm³/mol. The molecule has 2 heterocycles. The standard InChI is InChI=1S/C16H13ClN4O2/c1-11-18-8-9-21(11)16(20-22)12-6-7-19-15(10-12)23-14-4-2-13(17)3-5-14/h2-10,22H,1H3/b20-16-. The zero-order valence-electron chi connectivity index (χ0n) is 12.2. The smallest absolute Gasteiger partial charge is 0.219 e. The van der Waals surface area contributed by atoms with Crippen LogP contribution in [-0.4, -0.2) is 25.6 Å².